The molecule has 2 N–H and O–H groups in total. The molecule has 116 valence electrons. The maximum Gasteiger partial charge on any atom is 0.330 e. The number of hydrogen-bond acceptors (Lipinski definition) is 4. The Bertz CT molecular complexity index is 670. The number of aromatic nitrogens is 1. The van der Waals surface area contributed by atoms with Gasteiger partial charge in [-0.2, -0.15) is 0 Å². The average molecular weight is 322 g/mol. The van der Waals surface area contributed by atoms with Crippen LogP contribution in [0.1, 0.15) is 40.4 Å². The van der Waals surface area contributed by atoms with Crippen molar-refractivity contribution in [2.75, 3.05) is 0 Å². The van der Waals surface area contributed by atoms with Crippen molar-refractivity contribution >= 4 is 23.2 Å². The van der Waals surface area contributed by atoms with Gasteiger partial charge in [-0.3, -0.25) is 4.79 Å². The van der Waals surface area contributed by atoms with Crippen LogP contribution in [-0.2, 0) is 11.2 Å². The van der Waals surface area contributed by atoms with Crippen molar-refractivity contribution in [1.29, 1.82) is 0 Å². The monoisotopic (exact) mass is 322 g/mol. The number of nitrogens with zero attached hydrogens (tertiary/aromatic N) is 1. The lowest BCUT2D eigenvalue weighted by molar-refractivity contribution is -0.139. The maximum absolute atomic E-state index is 12.9. The minimum Gasteiger partial charge on any atom is -0.479 e. The van der Waals surface area contributed by atoms with Crippen molar-refractivity contribution < 1.29 is 19.1 Å². The quantitative estimate of drug-likeness (QED) is 0.857. The van der Waals surface area contributed by atoms with Crippen LogP contribution in [0.3, 0.4) is 0 Å². The third-order valence-electron chi connectivity index (χ3n) is 2.97. The fourth-order valence-corrected chi connectivity index (χ4v) is 2.77. The Kier molecular flexibility index (Phi) is 5.21. The number of aryl methyl sites for hydroxylation is 1. The van der Waals surface area contributed by atoms with Crippen LogP contribution in [0.2, 0.25) is 0 Å². The van der Waals surface area contributed by atoms with Crippen molar-refractivity contribution in [3.05, 3.63) is 51.7 Å². The van der Waals surface area contributed by atoms with Gasteiger partial charge in [-0.1, -0.05) is 19.1 Å². The first-order chi connectivity index (χ1) is 10.5. The van der Waals surface area contributed by atoms with E-state index in [1.54, 1.807) is 5.38 Å². The van der Waals surface area contributed by atoms with Crippen LogP contribution in [0.15, 0.2) is 29.6 Å². The zero-order valence-corrected chi connectivity index (χ0v) is 12.7. The first kappa shape index (κ1) is 16.1. The molecular weight excluding hydrogens is 307 g/mol. The number of aliphatic carboxylic acids is 1. The number of carboxylic acid groups (broad SMARTS) is 1. The molecule has 5 nitrogen and oxygen atoms in total. The summed E-state index contributed by atoms with van der Waals surface area (Å²) in [5.74, 6) is -2.25. The van der Waals surface area contributed by atoms with Gasteiger partial charge in [0, 0.05) is 5.38 Å². The van der Waals surface area contributed by atoms with Gasteiger partial charge in [-0.25, -0.2) is 14.2 Å². The molecule has 2 rings (SSSR count). The molecule has 0 bridgehead atoms. The number of halogens is 1. The topological polar surface area (TPSA) is 79.3 Å². The third-order valence-corrected chi connectivity index (χ3v) is 3.88. The van der Waals surface area contributed by atoms with Crippen LogP contribution in [0.5, 0.6) is 0 Å². The predicted octanol–water partition coefficient (Wildman–Crippen LogP) is 2.79. The Morgan fingerprint density at radius 2 is 2.05 bits per heavy atom. The van der Waals surface area contributed by atoms with Crippen LogP contribution in [0.4, 0.5) is 4.39 Å². The highest BCUT2D eigenvalue weighted by atomic mass is 32.1. The normalized spacial score (nSPS) is 11.9. The zero-order valence-electron chi connectivity index (χ0n) is 11.9. The Morgan fingerprint density at radius 3 is 2.64 bits per heavy atom. The molecule has 1 atom stereocenters. The molecule has 2 aromatic rings. The number of rotatable bonds is 6. The largest absolute Gasteiger partial charge is 0.479 e. The van der Waals surface area contributed by atoms with E-state index in [0.29, 0.717) is 5.56 Å². The summed E-state index contributed by atoms with van der Waals surface area (Å²) in [7, 11) is 0. The van der Waals surface area contributed by atoms with E-state index in [0.717, 1.165) is 30.0 Å². The molecule has 1 aromatic heterocycles. The highest BCUT2D eigenvalue weighted by molar-refractivity contribution is 7.09. The SMILES string of the molecule is CCCc1nc(C(=O)N[C@@H](C(=O)O)c2ccc(F)cc2)cs1. The van der Waals surface area contributed by atoms with Gasteiger partial charge in [0.1, 0.15) is 11.5 Å². The lowest BCUT2D eigenvalue weighted by Crippen LogP contribution is -2.34. The van der Waals surface area contributed by atoms with Crippen molar-refractivity contribution in [2.24, 2.45) is 0 Å². The third kappa shape index (κ3) is 3.88. The Balaban J connectivity index is 2.14. The van der Waals surface area contributed by atoms with E-state index < -0.39 is 23.7 Å². The highest BCUT2D eigenvalue weighted by Gasteiger charge is 2.23. The van der Waals surface area contributed by atoms with Crippen LogP contribution in [-0.4, -0.2) is 22.0 Å². The molecule has 0 saturated heterocycles. The van der Waals surface area contributed by atoms with Gasteiger partial charge in [-0.15, -0.1) is 11.3 Å². The second-order valence-corrected chi connectivity index (χ2v) is 5.62. The van der Waals surface area contributed by atoms with Gasteiger partial charge < -0.3 is 10.4 Å². The molecule has 0 spiro atoms. The van der Waals surface area contributed by atoms with Gasteiger partial charge in [0.05, 0.1) is 5.01 Å². The summed E-state index contributed by atoms with van der Waals surface area (Å²) in [5.41, 5.74) is 0.494. The van der Waals surface area contributed by atoms with Crippen molar-refractivity contribution in [2.45, 2.75) is 25.8 Å². The number of amides is 1. The summed E-state index contributed by atoms with van der Waals surface area (Å²) >= 11 is 1.37. The lowest BCUT2D eigenvalue weighted by atomic mass is 10.1. The zero-order chi connectivity index (χ0) is 16.1. The highest BCUT2D eigenvalue weighted by Crippen LogP contribution is 2.16. The fourth-order valence-electron chi connectivity index (χ4n) is 1.89. The number of thiazole rings is 1. The predicted molar refractivity (Wildman–Crippen MR) is 80.4 cm³/mol. The molecule has 0 fully saturated rings. The van der Waals surface area contributed by atoms with Gasteiger partial charge in [-0.05, 0) is 30.5 Å². The number of carbonyl (C=O) groups is 2. The number of hydrogen-bond donors (Lipinski definition) is 2. The summed E-state index contributed by atoms with van der Waals surface area (Å²) in [5, 5.41) is 14.1. The van der Waals surface area contributed by atoms with Gasteiger partial charge in [0.2, 0.25) is 0 Å². The van der Waals surface area contributed by atoms with E-state index in [-0.39, 0.29) is 5.69 Å². The van der Waals surface area contributed by atoms with Crippen LogP contribution >= 0.6 is 11.3 Å². The molecule has 0 aliphatic carbocycles. The van der Waals surface area contributed by atoms with Gasteiger partial charge in [0.25, 0.3) is 5.91 Å². The summed E-state index contributed by atoms with van der Waals surface area (Å²) in [6, 6.07) is 3.72. The van der Waals surface area contributed by atoms with Crippen LogP contribution in [0, 0.1) is 5.82 Å². The van der Waals surface area contributed by atoms with Crippen LogP contribution < -0.4 is 5.32 Å². The molecule has 7 heteroatoms. The summed E-state index contributed by atoms with van der Waals surface area (Å²) in [6.07, 6.45) is 1.69. The molecule has 0 aliphatic rings. The number of carbonyl (C=O) groups excluding carboxylic acids is 1. The molecule has 0 radical (unpaired) electrons. The molecule has 0 unspecified atom stereocenters. The molecule has 1 amide bonds. The second-order valence-electron chi connectivity index (χ2n) is 4.67. The standard InChI is InChI=1S/C15H15FN2O3S/c1-2-3-12-17-11(8-22-12)14(19)18-13(15(20)21)9-4-6-10(16)7-5-9/h4-8,13H,2-3H2,1H3,(H,18,19)(H,20,21)/t13-/m1/s1. The maximum atomic E-state index is 12.9. The number of nitrogens with one attached hydrogen (secondary N) is 1. The second kappa shape index (κ2) is 7.13. The Morgan fingerprint density at radius 1 is 1.36 bits per heavy atom. The first-order valence-electron chi connectivity index (χ1n) is 6.74. The molecule has 22 heavy (non-hydrogen) atoms. The lowest BCUT2D eigenvalue weighted by Gasteiger charge is -2.14. The average Bonchev–Trinajstić information content (AvgIpc) is 2.94. The molecule has 0 aliphatic heterocycles. The Hall–Kier alpha value is -2.28. The van der Waals surface area contributed by atoms with Crippen molar-refractivity contribution in [3.63, 3.8) is 0 Å². The van der Waals surface area contributed by atoms with Crippen molar-refractivity contribution in [3.8, 4) is 0 Å². The minimum atomic E-state index is -1.25. The van der Waals surface area contributed by atoms with E-state index in [2.05, 4.69) is 10.3 Å². The minimum absolute atomic E-state index is 0.196. The molecule has 1 heterocycles. The summed E-state index contributed by atoms with van der Waals surface area (Å²) in [6.45, 7) is 2.01. The fraction of sp³-hybridized carbons (Fsp3) is 0.267. The number of carboxylic acids is 1. The van der Waals surface area contributed by atoms with E-state index in [1.807, 2.05) is 6.92 Å². The Labute approximate surface area is 130 Å². The van der Waals surface area contributed by atoms with E-state index in [9.17, 15) is 19.1 Å². The van der Waals surface area contributed by atoms with E-state index in [4.69, 9.17) is 0 Å². The summed E-state index contributed by atoms with van der Waals surface area (Å²) in [4.78, 5) is 27.6. The van der Waals surface area contributed by atoms with Gasteiger partial charge in [0.15, 0.2) is 6.04 Å². The summed E-state index contributed by atoms with van der Waals surface area (Å²) < 4.78 is 12.9. The first-order valence-corrected chi connectivity index (χ1v) is 7.62. The van der Waals surface area contributed by atoms with E-state index in [1.165, 1.54) is 23.5 Å². The van der Waals surface area contributed by atoms with Crippen molar-refractivity contribution in [1.82, 2.24) is 10.3 Å². The molecular formula is C15H15FN2O3S. The molecule has 1 aromatic carbocycles. The number of benzene rings is 1. The van der Waals surface area contributed by atoms with Gasteiger partial charge >= 0.3 is 5.97 Å². The van der Waals surface area contributed by atoms with E-state index >= 15 is 0 Å². The molecule has 0 saturated carbocycles. The van der Waals surface area contributed by atoms with Crippen LogP contribution in [0.25, 0.3) is 0 Å². The smallest absolute Gasteiger partial charge is 0.330 e.